The number of carbonyl (C=O) groups is 1. The van der Waals surface area contributed by atoms with Crippen LogP contribution in [-0.4, -0.2) is 51.0 Å². The highest BCUT2D eigenvalue weighted by Gasteiger charge is 2.41. The Labute approximate surface area is 170 Å². The molecule has 0 bridgehead atoms. The Morgan fingerprint density at radius 2 is 1.93 bits per heavy atom. The molecule has 28 heavy (non-hydrogen) atoms. The molecule has 1 amide bonds. The second-order valence-electron chi connectivity index (χ2n) is 7.90. The van der Waals surface area contributed by atoms with Gasteiger partial charge in [0.15, 0.2) is 5.82 Å². The number of aromatic nitrogens is 2. The van der Waals surface area contributed by atoms with Crippen molar-refractivity contribution in [2.45, 2.75) is 64.1 Å². The zero-order valence-electron chi connectivity index (χ0n) is 16.5. The minimum absolute atomic E-state index is 0.0494. The first-order valence-electron chi connectivity index (χ1n) is 10.1. The Bertz CT molecular complexity index is 822. The van der Waals surface area contributed by atoms with Crippen molar-refractivity contribution < 1.29 is 9.32 Å². The first-order valence-corrected chi connectivity index (χ1v) is 10.5. The maximum atomic E-state index is 12.0. The van der Waals surface area contributed by atoms with E-state index in [-0.39, 0.29) is 11.9 Å². The second-order valence-corrected chi connectivity index (χ2v) is 8.33. The predicted octanol–water partition coefficient (Wildman–Crippen LogP) is 3.85. The van der Waals surface area contributed by atoms with Crippen molar-refractivity contribution in [2.24, 2.45) is 0 Å². The van der Waals surface area contributed by atoms with E-state index in [0.29, 0.717) is 30.2 Å². The fourth-order valence-electron chi connectivity index (χ4n) is 4.73. The van der Waals surface area contributed by atoms with Gasteiger partial charge in [0.1, 0.15) is 0 Å². The van der Waals surface area contributed by atoms with Crippen LogP contribution < -0.4 is 0 Å². The number of amides is 1. The van der Waals surface area contributed by atoms with Crippen molar-refractivity contribution in [3.8, 4) is 0 Å². The van der Waals surface area contributed by atoms with Crippen LogP contribution in [0.5, 0.6) is 0 Å². The highest BCUT2D eigenvalue weighted by molar-refractivity contribution is 6.30. The van der Waals surface area contributed by atoms with Crippen molar-refractivity contribution in [3.63, 3.8) is 0 Å². The Kier molecular flexibility index (Phi) is 5.69. The van der Waals surface area contributed by atoms with E-state index >= 15 is 0 Å². The van der Waals surface area contributed by atoms with E-state index in [1.165, 1.54) is 0 Å². The largest absolute Gasteiger partial charge is 0.338 e. The van der Waals surface area contributed by atoms with Gasteiger partial charge >= 0.3 is 0 Å². The van der Waals surface area contributed by atoms with E-state index in [1.807, 2.05) is 24.3 Å². The molecule has 2 fully saturated rings. The summed E-state index contributed by atoms with van der Waals surface area (Å²) in [6.45, 7) is 5.69. The zero-order chi connectivity index (χ0) is 19.7. The van der Waals surface area contributed by atoms with Crippen molar-refractivity contribution in [1.29, 1.82) is 0 Å². The summed E-state index contributed by atoms with van der Waals surface area (Å²) in [7, 11) is 0. The van der Waals surface area contributed by atoms with Gasteiger partial charge in [0.05, 0.1) is 6.04 Å². The maximum absolute atomic E-state index is 12.0. The molecule has 0 aliphatic carbocycles. The molecule has 150 valence electrons. The van der Waals surface area contributed by atoms with Gasteiger partial charge in [0.25, 0.3) is 0 Å². The van der Waals surface area contributed by atoms with Gasteiger partial charge in [0, 0.05) is 37.0 Å². The summed E-state index contributed by atoms with van der Waals surface area (Å²) < 4.78 is 5.61. The third-order valence-electron chi connectivity index (χ3n) is 6.10. The summed E-state index contributed by atoms with van der Waals surface area (Å²) in [5.74, 6) is 1.53. The van der Waals surface area contributed by atoms with Gasteiger partial charge in [0.2, 0.25) is 11.8 Å². The van der Waals surface area contributed by atoms with E-state index in [2.05, 4.69) is 26.9 Å². The summed E-state index contributed by atoms with van der Waals surface area (Å²) >= 11 is 5.95. The summed E-state index contributed by atoms with van der Waals surface area (Å²) in [6.07, 6.45) is 5.05. The van der Waals surface area contributed by atoms with Crippen LogP contribution in [0.3, 0.4) is 0 Å². The fraction of sp³-hybridized carbons (Fsp3) is 0.571. The minimum atomic E-state index is 0.0494. The molecule has 6 nitrogen and oxygen atoms in total. The molecule has 2 aliphatic heterocycles. The molecule has 2 aromatic rings. The standard InChI is InChI=1S/C21H27ClN4O2/c1-14(21-23-20(24-28-21)13-16-7-9-17(22)10-8-16)25-11-3-5-18(25)19-6-4-12-26(19)15(2)27/h7-10,14,18-19H,3-6,11-13H2,1-2H3/t14-,18+,19+/m0/s1. The first kappa shape index (κ1) is 19.4. The topological polar surface area (TPSA) is 62.5 Å². The first-order chi connectivity index (χ1) is 13.5. The zero-order valence-corrected chi connectivity index (χ0v) is 17.2. The molecule has 2 aliphatic rings. The molecule has 3 heterocycles. The minimum Gasteiger partial charge on any atom is -0.338 e. The summed E-state index contributed by atoms with van der Waals surface area (Å²) in [5, 5.41) is 4.90. The highest BCUT2D eigenvalue weighted by atomic mass is 35.5. The van der Waals surface area contributed by atoms with Crippen LogP contribution in [0.2, 0.25) is 5.02 Å². The molecule has 4 rings (SSSR count). The van der Waals surface area contributed by atoms with Crippen LogP contribution >= 0.6 is 11.6 Å². The highest BCUT2D eigenvalue weighted by Crippen LogP contribution is 2.35. The van der Waals surface area contributed by atoms with Crippen LogP contribution in [0.25, 0.3) is 0 Å². The van der Waals surface area contributed by atoms with Crippen molar-refractivity contribution in [2.75, 3.05) is 13.1 Å². The predicted molar refractivity (Wildman–Crippen MR) is 107 cm³/mol. The third kappa shape index (κ3) is 3.94. The lowest BCUT2D eigenvalue weighted by atomic mass is 10.0. The maximum Gasteiger partial charge on any atom is 0.243 e. The lowest BCUT2D eigenvalue weighted by Crippen LogP contribution is -2.48. The van der Waals surface area contributed by atoms with Crippen LogP contribution in [0.1, 0.15) is 62.9 Å². The Hall–Kier alpha value is -1.92. The lowest BCUT2D eigenvalue weighted by molar-refractivity contribution is -0.130. The molecule has 0 N–H and O–H groups in total. The molecule has 0 spiro atoms. The normalized spacial score (nSPS) is 24.0. The number of benzene rings is 1. The SMILES string of the molecule is CC(=O)N1CCC[C@@H]1[C@H]1CCCN1[C@@H](C)c1nc(Cc2ccc(Cl)cc2)no1. The van der Waals surface area contributed by atoms with Crippen LogP contribution in [0, 0.1) is 0 Å². The number of hydrogen-bond acceptors (Lipinski definition) is 5. The molecule has 7 heteroatoms. The number of likely N-dealkylation sites (tertiary alicyclic amines) is 2. The molecule has 1 aromatic carbocycles. The molecule has 0 saturated carbocycles. The Morgan fingerprint density at radius 3 is 2.68 bits per heavy atom. The van der Waals surface area contributed by atoms with E-state index in [0.717, 1.165) is 49.4 Å². The number of hydrogen-bond donors (Lipinski definition) is 0. The summed E-state index contributed by atoms with van der Waals surface area (Å²) in [6, 6.07) is 8.43. The van der Waals surface area contributed by atoms with E-state index < -0.39 is 0 Å². The van der Waals surface area contributed by atoms with Gasteiger partial charge in [-0.25, -0.2) is 0 Å². The number of nitrogens with zero attached hydrogens (tertiary/aromatic N) is 4. The van der Waals surface area contributed by atoms with E-state index in [9.17, 15) is 4.79 Å². The van der Waals surface area contributed by atoms with Crippen LogP contribution in [-0.2, 0) is 11.2 Å². The van der Waals surface area contributed by atoms with Crippen LogP contribution in [0.15, 0.2) is 28.8 Å². The Balaban J connectivity index is 1.46. The van der Waals surface area contributed by atoms with E-state index in [1.54, 1.807) is 6.92 Å². The van der Waals surface area contributed by atoms with Crippen molar-refractivity contribution in [3.05, 3.63) is 46.6 Å². The average Bonchev–Trinajstić information content (AvgIpc) is 3.42. The molecule has 0 radical (unpaired) electrons. The number of carbonyl (C=O) groups excluding carboxylic acids is 1. The van der Waals surface area contributed by atoms with Gasteiger partial charge < -0.3 is 9.42 Å². The van der Waals surface area contributed by atoms with Gasteiger partial charge in [-0.1, -0.05) is 28.9 Å². The monoisotopic (exact) mass is 402 g/mol. The Morgan fingerprint density at radius 1 is 1.21 bits per heavy atom. The number of halogens is 1. The summed E-state index contributed by atoms with van der Waals surface area (Å²) in [5.41, 5.74) is 1.10. The van der Waals surface area contributed by atoms with Crippen molar-refractivity contribution in [1.82, 2.24) is 19.9 Å². The number of rotatable bonds is 5. The molecular weight excluding hydrogens is 376 g/mol. The summed E-state index contributed by atoms with van der Waals surface area (Å²) in [4.78, 5) is 21.2. The molecular formula is C21H27ClN4O2. The molecule has 3 atom stereocenters. The van der Waals surface area contributed by atoms with Gasteiger partial charge in [-0.05, 0) is 56.8 Å². The molecule has 0 unspecified atom stereocenters. The fourth-order valence-corrected chi connectivity index (χ4v) is 4.85. The molecule has 1 aromatic heterocycles. The van der Waals surface area contributed by atoms with Crippen molar-refractivity contribution >= 4 is 17.5 Å². The van der Waals surface area contributed by atoms with Gasteiger partial charge in [-0.15, -0.1) is 0 Å². The quantitative estimate of drug-likeness (QED) is 0.760. The van der Waals surface area contributed by atoms with Gasteiger partial charge in [-0.3, -0.25) is 9.69 Å². The smallest absolute Gasteiger partial charge is 0.243 e. The third-order valence-corrected chi connectivity index (χ3v) is 6.36. The van der Waals surface area contributed by atoms with Crippen LogP contribution in [0.4, 0.5) is 0 Å². The molecule has 2 saturated heterocycles. The van der Waals surface area contributed by atoms with E-state index in [4.69, 9.17) is 16.1 Å². The lowest BCUT2D eigenvalue weighted by Gasteiger charge is -2.36. The van der Waals surface area contributed by atoms with Gasteiger partial charge in [-0.2, -0.15) is 4.98 Å². The average molecular weight is 403 g/mol. The second kappa shape index (κ2) is 8.21.